The number of ether oxygens (including phenoxy) is 1. The molecular weight excluding hydrogens is 336 g/mol. The van der Waals surface area contributed by atoms with Crippen molar-refractivity contribution in [1.29, 1.82) is 0 Å². The Hall–Kier alpha value is -2.32. The molecule has 1 aromatic carbocycles. The van der Waals surface area contributed by atoms with Gasteiger partial charge >= 0.3 is 0 Å². The van der Waals surface area contributed by atoms with Crippen LogP contribution in [0.2, 0.25) is 0 Å². The maximum Gasteiger partial charge on any atom is 0.274 e. The van der Waals surface area contributed by atoms with Gasteiger partial charge in [-0.3, -0.25) is 4.31 Å². The van der Waals surface area contributed by atoms with Gasteiger partial charge in [0.1, 0.15) is 16.6 Å². The van der Waals surface area contributed by atoms with E-state index < -0.39 is 10.0 Å². The smallest absolute Gasteiger partial charge is 0.274 e. The maximum atomic E-state index is 13.0. The van der Waals surface area contributed by atoms with Crippen LogP contribution in [0.3, 0.4) is 0 Å². The van der Waals surface area contributed by atoms with Gasteiger partial charge in [-0.15, -0.1) is 11.3 Å². The predicted molar refractivity (Wildman–Crippen MR) is 86.3 cm³/mol. The first-order chi connectivity index (χ1) is 11.2. The Morgan fingerprint density at radius 2 is 2.00 bits per heavy atom. The normalized spacial score (nSPS) is 14.3. The van der Waals surface area contributed by atoms with Gasteiger partial charge in [-0.25, -0.2) is 8.42 Å². The number of sulfonamides is 1. The molecule has 1 aliphatic heterocycles. The highest BCUT2D eigenvalue weighted by molar-refractivity contribution is 7.94. The van der Waals surface area contributed by atoms with E-state index >= 15 is 0 Å². The second kappa shape index (κ2) is 5.39. The van der Waals surface area contributed by atoms with Gasteiger partial charge < -0.3 is 9.26 Å². The average Bonchev–Trinajstić information content (AvgIpc) is 3.25. The lowest BCUT2D eigenvalue weighted by Crippen LogP contribution is -2.37. The van der Waals surface area contributed by atoms with E-state index in [-0.39, 0.29) is 10.8 Å². The Balaban J connectivity index is 1.75. The standard InChI is InChI=1S/C15H12N2O4S2/c18-23(19,15-6-5-14(22-15)13-7-8-16-21-13)17-9-10-20-12-4-2-1-3-11(12)17/h1-8H,9-10H2. The van der Waals surface area contributed by atoms with Gasteiger partial charge in [0.2, 0.25) is 0 Å². The van der Waals surface area contributed by atoms with Gasteiger partial charge in [-0.2, -0.15) is 0 Å². The summed E-state index contributed by atoms with van der Waals surface area (Å²) in [7, 11) is -3.64. The summed E-state index contributed by atoms with van der Waals surface area (Å²) in [6.07, 6.45) is 1.53. The minimum atomic E-state index is -3.64. The molecule has 0 spiro atoms. The fourth-order valence-electron chi connectivity index (χ4n) is 2.44. The van der Waals surface area contributed by atoms with Crippen molar-refractivity contribution in [2.45, 2.75) is 4.21 Å². The lowest BCUT2D eigenvalue weighted by atomic mass is 10.2. The molecule has 2 aromatic heterocycles. The Labute approximate surface area is 137 Å². The first kappa shape index (κ1) is 14.3. The molecule has 0 amide bonds. The highest BCUT2D eigenvalue weighted by Crippen LogP contribution is 2.38. The number of aromatic nitrogens is 1. The van der Waals surface area contributed by atoms with Crippen molar-refractivity contribution in [3.63, 3.8) is 0 Å². The monoisotopic (exact) mass is 348 g/mol. The molecule has 8 heteroatoms. The molecule has 0 N–H and O–H groups in total. The summed E-state index contributed by atoms with van der Waals surface area (Å²) in [5.74, 6) is 1.13. The van der Waals surface area contributed by atoms with Crippen LogP contribution in [0.15, 0.2) is 57.4 Å². The third kappa shape index (κ3) is 2.40. The first-order valence-corrected chi connectivity index (χ1v) is 9.17. The molecule has 4 rings (SSSR count). The molecule has 23 heavy (non-hydrogen) atoms. The van der Waals surface area contributed by atoms with Crippen molar-refractivity contribution >= 4 is 27.0 Å². The lowest BCUT2D eigenvalue weighted by Gasteiger charge is -2.29. The summed E-state index contributed by atoms with van der Waals surface area (Å²) in [4.78, 5) is 0.725. The number of rotatable bonds is 3. The topological polar surface area (TPSA) is 72.6 Å². The van der Waals surface area contributed by atoms with Crippen LogP contribution in [0.1, 0.15) is 0 Å². The van der Waals surface area contributed by atoms with E-state index in [9.17, 15) is 8.42 Å². The third-order valence-electron chi connectivity index (χ3n) is 3.49. The molecule has 0 fully saturated rings. The minimum Gasteiger partial charge on any atom is -0.489 e. The number of hydrogen-bond donors (Lipinski definition) is 0. The zero-order valence-electron chi connectivity index (χ0n) is 11.9. The zero-order valence-corrected chi connectivity index (χ0v) is 13.5. The van der Waals surface area contributed by atoms with Crippen LogP contribution in [0.25, 0.3) is 10.6 Å². The maximum absolute atomic E-state index is 13.0. The van der Waals surface area contributed by atoms with E-state index in [4.69, 9.17) is 9.26 Å². The van der Waals surface area contributed by atoms with E-state index in [2.05, 4.69) is 5.16 Å². The first-order valence-electron chi connectivity index (χ1n) is 6.92. The Bertz CT molecular complexity index is 932. The number of fused-ring (bicyclic) bond motifs is 1. The highest BCUT2D eigenvalue weighted by Gasteiger charge is 2.31. The van der Waals surface area contributed by atoms with Crippen molar-refractivity contribution in [1.82, 2.24) is 5.16 Å². The molecule has 0 radical (unpaired) electrons. The molecule has 6 nitrogen and oxygen atoms in total. The van der Waals surface area contributed by atoms with Gasteiger partial charge in [0.15, 0.2) is 5.76 Å². The van der Waals surface area contributed by atoms with Crippen molar-refractivity contribution in [2.75, 3.05) is 17.5 Å². The van der Waals surface area contributed by atoms with Gasteiger partial charge in [0, 0.05) is 6.07 Å². The van der Waals surface area contributed by atoms with Gasteiger partial charge in [-0.1, -0.05) is 17.3 Å². The average molecular weight is 348 g/mol. The van der Waals surface area contributed by atoms with Crippen LogP contribution >= 0.6 is 11.3 Å². The molecular formula is C15H12N2O4S2. The van der Waals surface area contributed by atoms with E-state index in [1.54, 1.807) is 36.4 Å². The van der Waals surface area contributed by atoms with Crippen molar-refractivity contribution in [3.8, 4) is 16.4 Å². The molecule has 0 aliphatic carbocycles. The highest BCUT2D eigenvalue weighted by atomic mass is 32.2. The fraction of sp³-hybridized carbons (Fsp3) is 0.133. The van der Waals surface area contributed by atoms with E-state index in [1.807, 2.05) is 6.07 Å². The lowest BCUT2D eigenvalue weighted by molar-refractivity contribution is 0.316. The number of anilines is 1. The van der Waals surface area contributed by atoms with Gasteiger partial charge in [0.05, 0.1) is 23.3 Å². The molecule has 3 aromatic rings. The quantitative estimate of drug-likeness (QED) is 0.727. The van der Waals surface area contributed by atoms with Crippen LogP contribution in [0.4, 0.5) is 5.69 Å². The van der Waals surface area contributed by atoms with Crippen molar-refractivity contribution < 1.29 is 17.7 Å². The summed E-state index contributed by atoms with van der Waals surface area (Å²) >= 11 is 1.16. The number of hydrogen-bond acceptors (Lipinski definition) is 6. The molecule has 0 atom stereocenters. The summed E-state index contributed by atoms with van der Waals surface area (Å²) in [5, 5.41) is 3.64. The molecule has 0 bridgehead atoms. The minimum absolute atomic E-state index is 0.264. The summed E-state index contributed by atoms with van der Waals surface area (Å²) in [5.41, 5.74) is 0.563. The molecule has 0 unspecified atom stereocenters. The third-order valence-corrected chi connectivity index (χ3v) is 6.87. The van der Waals surface area contributed by atoms with Crippen molar-refractivity contribution in [3.05, 3.63) is 48.7 Å². The van der Waals surface area contributed by atoms with E-state index in [1.165, 1.54) is 10.5 Å². The summed E-state index contributed by atoms with van der Waals surface area (Å²) in [6.45, 7) is 0.617. The Morgan fingerprint density at radius 1 is 1.13 bits per heavy atom. The van der Waals surface area contributed by atoms with Gasteiger partial charge in [0.25, 0.3) is 10.0 Å². The van der Waals surface area contributed by atoms with Crippen LogP contribution in [0.5, 0.6) is 5.75 Å². The van der Waals surface area contributed by atoms with Crippen LogP contribution in [0, 0.1) is 0 Å². The van der Waals surface area contributed by atoms with Crippen LogP contribution in [-0.2, 0) is 10.0 Å². The second-order valence-electron chi connectivity index (χ2n) is 4.89. The fourth-order valence-corrected chi connectivity index (χ4v) is 5.27. The number of benzene rings is 1. The number of para-hydroxylation sites is 2. The Morgan fingerprint density at radius 3 is 2.83 bits per heavy atom. The SMILES string of the molecule is O=S(=O)(c1ccc(-c2ccno2)s1)N1CCOc2ccccc21. The number of thiophene rings is 1. The largest absolute Gasteiger partial charge is 0.489 e. The van der Waals surface area contributed by atoms with Crippen LogP contribution in [-0.4, -0.2) is 26.7 Å². The van der Waals surface area contributed by atoms with E-state index in [0.29, 0.717) is 23.8 Å². The molecule has 3 heterocycles. The summed E-state index contributed by atoms with van der Waals surface area (Å²) < 4.78 is 38.2. The zero-order chi connectivity index (χ0) is 15.9. The molecule has 0 saturated carbocycles. The molecule has 118 valence electrons. The van der Waals surface area contributed by atoms with Gasteiger partial charge in [-0.05, 0) is 24.3 Å². The van der Waals surface area contributed by atoms with E-state index in [0.717, 1.165) is 16.2 Å². The summed E-state index contributed by atoms with van der Waals surface area (Å²) in [6, 6.07) is 12.2. The number of nitrogens with zero attached hydrogens (tertiary/aromatic N) is 2. The van der Waals surface area contributed by atoms with Crippen molar-refractivity contribution in [2.24, 2.45) is 0 Å². The van der Waals surface area contributed by atoms with Crippen LogP contribution < -0.4 is 9.04 Å². The Kier molecular flexibility index (Phi) is 3.35. The predicted octanol–water partition coefficient (Wildman–Crippen LogP) is 2.99. The molecule has 1 aliphatic rings. The second-order valence-corrected chi connectivity index (χ2v) is 8.06. The molecule has 0 saturated heterocycles.